The summed E-state index contributed by atoms with van der Waals surface area (Å²) in [6.45, 7) is 4.82. The van der Waals surface area contributed by atoms with E-state index in [1.54, 1.807) is 19.1 Å². The van der Waals surface area contributed by atoms with Crippen molar-refractivity contribution < 1.29 is 33.3 Å². The molecular weight excluding hydrogens is 426 g/mol. The van der Waals surface area contributed by atoms with Crippen LogP contribution in [0, 0.1) is 6.92 Å². The van der Waals surface area contributed by atoms with Crippen molar-refractivity contribution in [1.29, 1.82) is 0 Å². The Morgan fingerprint density at radius 2 is 1.90 bits per heavy atom. The first-order chi connectivity index (χ1) is 14.8. The topological polar surface area (TPSA) is 92.3 Å². The predicted octanol–water partition coefficient (Wildman–Crippen LogP) is 2.74. The predicted molar refractivity (Wildman–Crippen MR) is 112 cm³/mol. The molecule has 2 spiro atoms. The lowest BCUT2D eigenvalue weighted by Crippen LogP contribution is -2.61. The van der Waals surface area contributed by atoms with E-state index in [1.165, 1.54) is 7.11 Å². The van der Waals surface area contributed by atoms with Gasteiger partial charge in [0.05, 0.1) is 39.1 Å². The average molecular weight is 452 g/mol. The van der Waals surface area contributed by atoms with E-state index in [0.717, 1.165) is 5.56 Å². The van der Waals surface area contributed by atoms with Crippen LogP contribution in [0.5, 0.6) is 5.75 Å². The lowest BCUT2D eigenvalue weighted by atomic mass is 9.92. The Morgan fingerprint density at radius 1 is 1.23 bits per heavy atom. The Balaban J connectivity index is 1.79. The molecule has 1 aromatic carbocycles. The molecule has 2 saturated heterocycles. The van der Waals surface area contributed by atoms with Gasteiger partial charge in [0.1, 0.15) is 11.3 Å². The maximum atomic E-state index is 13.2. The van der Waals surface area contributed by atoms with Crippen LogP contribution in [0.4, 0.5) is 0 Å². The van der Waals surface area contributed by atoms with Crippen molar-refractivity contribution in [1.82, 2.24) is 5.32 Å². The Morgan fingerprint density at radius 3 is 2.52 bits per heavy atom. The Bertz CT molecular complexity index is 926. The summed E-state index contributed by atoms with van der Waals surface area (Å²) in [4.78, 5) is 25.5. The van der Waals surface area contributed by atoms with Gasteiger partial charge in [-0.15, -0.1) is 0 Å². The van der Waals surface area contributed by atoms with Crippen LogP contribution in [0.1, 0.15) is 37.3 Å². The molecule has 1 aromatic rings. The van der Waals surface area contributed by atoms with Crippen LogP contribution in [0.3, 0.4) is 0 Å². The smallest absolute Gasteiger partial charge is 0.310 e. The molecule has 2 fully saturated rings. The quantitative estimate of drug-likeness (QED) is 0.703. The zero-order valence-corrected chi connectivity index (χ0v) is 18.6. The number of amides is 1. The normalized spacial score (nSPS) is 22.0. The summed E-state index contributed by atoms with van der Waals surface area (Å²) in [6.07, 6.45) is 1.35. The van der Waals surface area contributed by atoms with Gasteiger partial charge in [-0.3, -0.25) is 9.59 Å². The lowest BCUT2D eigenvalue weighted by molar-refractivity contribution is -0.310. The minimum absolute atomic E-state index is 0.115. The molecule has 31 heavy (non-hydrogen) atoms. The molecule has 9 heteroatoms. The fourth-order valence-electron chi connectivity index (χ4n) is 4.20. The zero-order valence-electron chi connectivity index (χ0n) is 17.8. The number of carbonyl (C=O) groups excluding carboxylic acids is 2. The van der Waals surface area contributed by atoms with Gasteiger partial charge in [-0.05, 0) is 24.6 Å². The van der Waals surface area contributed by atoms with Crippen molar-refractivity contribution >= 4 is 29.1 Å². The summed E-state index contributed by atoms with van der Waals surface area (Å²) in [7, 11) is 1.50. The lowest BCUT2D eigenvalue weighted by Gasteiger charge is -2.46. The zero-order chi connectivity index (χ0) is 22.2. The number of benzene rings is 1. The Kier molecular flexibility index (Phi) is 6.00. The van der Waals surface area contributed by atoms with E-state index in [1.807, 2.05) is 6.92 Å². The number of halogens is 1. The highest BCUT2D eigenvalue weighted by Crippen LogP contribution is 2.44. The number of methoxy groups -OCH3 is 1. The highest BCUT2D eigenvalue weighted by Gasteiger charge is 2.55. The number of esters is 1. The summed E-state index contributed by atoms with van der Waals surface area (Å²) in [5.41, 5.74) is 0.349. The van der Waals surface area contributed by atoms with Gasteiger partial charge in [0, 0.05) is 29.8 Å². The molecule has 0 aliphatic carbocycles. The number of nitrogens with one attached hydrogen (secondary N) is 1. The molecule has 1 N–H and O–H groups in total. The highest BCUT2D eigenvalue weighted by atomic mass is 35.5. The van der Waals surface area contributed by atoms with Gasteiger partial charge >= 0.3 is 5.97 Å². The van der Waals surface area contributed by atoms with Crippen molar-refractivity contribution in [3.63, 3.8) is 0 Å². The second-order valence-electron chi connectivity index (χ2n) is 7.97. The Labute approximate surface area is 185 Å². The van der Waals surface area contributed by atoms with Crippen LogP contribution >= 0.6 is 11.6 Å². The first-order valence-corrected chi connectivity index (χ1v) is 10.7. The molecule has 1 amide bonds. The average Bonchev–Trinajstić information content (AvgIpc) is 3.01. The summed E-state index contributed by atoms with van der Waals surface area (Å²) in [6, 6.07) is 3.36. The fraction of sp³-hybridized carbons (Fsp3) is 0.545. The third-order valence-corrected chi connectivity index (χ3v) is 6.12. The molecule has 3 aliphatic heterocycles. The van der Waals surface area contributed by atoms with Crippen molar-refractivity contribution in [2.45, 2.75) is 44.4 Å². The number of hydrogen-bond acceptors (Lipinski definition) is 7. The Hall–Kier alpha value is -2.13. The second kappa shape index (κ2) is 8.43. The number of hydrogen-bond donors (Lipinski definition) is 1. The van der Waals surface area contributed by atoms with Gasteiger partial charge in [0.2, 0.25) is 0 Å². The molecule has 0 aromatic heterocycles. The minimum Gasteiger partial charge on any atom is -0.496 e. The van der Waals surface area contributed by atoms with Gasteiger partial charge in [0.15, 0.2) is 11.5 Å². The van der Waals surface area contributed by atoms with Crippen molar-refractivity contribution in [2.24, 2.45) is 0 Å². The number of ether oxygens (including phenoxy) is 5. The van der Waals surface area contributed by atoms with Gasteiger partial charge in [-0.1, -0.05) is 18.5 Å². The van der Waals surface area contributed by atoms with E-state index in [4.69, 9.17) is 35.3 Å². The van der Waals surface area contributed by atoms with Crippen LogP contribution in [-0.4, -0.2) is 56.7 Å². The van der Waals surface area contributed by atoms with E-state index in [2.05, 4.69) is 5.32 Å². The van der Waals surface area contributed by atoms with Crippen LogP contribution < -0.4 is 10.1 Å². The third-order valence-electron chi connectivity index (χ3n) is 5.90. The number of carbonyl (C=O) groups is 2. The van der Waals surface area contributed by atoms with E-state index >= 15 is 0 Å². The van der Waals surface area contributed by atoms with Crippen molar-refractivity contribution in [2.75, 3.05) is 33.5 Å². The van der Waals surface area contributed by atoms with Gasteiger partial charge < -0.3 is 29.0 Å². The molecule has 0 saturated carbocycles. The fourth-order valence-corrected chi connectivity index (χ4v) is 4.46. The first-order valence-electron chi connectivity index (χ1n) is 10.3. The third kappa shape index (κ3) is 3.93. The molecule has 3 heterocycles. The second-order valence-corrected chi connectivity index (χ2v) is 8.40. The van der Waals surface area contributed by atoms with E-state index in [0.29, 0.717) is 42.4 Å². The highest BCUT2D eigenvalue weighted by molar-refractivity contribution is 6.31. The van der Waals surface area contributed by atoms with E-state index in [-0.39, 0.29) is 31.0 Å². The first kappa shape index (κ1) is 22.1. The largest absolute Gasteiger partial charge is 0.496 e. The summed E-state index contributed by atoms with van der Waals surface area (Å²) in [5, 5.41) is 3.43. The SMILES string of the molecule is CCC(=O)OC1=C(c2c(C)cc(Cl)cc2OC)C(=O)NC12COC1(CCOCC1)OC2. The molecule has 0 radical (unpaired) electrons. The van der Waals surface area contributed by atoms with Crippen molar-refractivity contribution in [3.8, 4) is 5.75 Å². The maximum absolute atomic E-state index is 13.2. The molecule has 168 valence electrons. The standard InChI is InChI=1S/C22H26ClNO7/c1-4-16(25)31-19-18(17-13(2)9-14(23)10-15(17)27-3)20(26)24-21(19)11-29-22(30-12-21)5-7-28-8-6-22/h9-10H,4-8,11-12H2,1-3H3,(H,24,26). The van der Waals surface area contributed by atoms with Crippen LogP contribution in [0.25, 0.3) is 5.57 Å². The molecule has 0 atom stereocenters. The van der Waals surface area contributed by atoms with E-state index < -0.39 is 23.2 Å². The monoisotopic (exact) mass is 451 g/mol. The van der Waals surface area contributed by atoms with Crippen LogP contribution in [0.2, 0.25) is 5.02 Å². The maximum Gasteiger partial charge on any atom is 0.310 e. The van der Waals surface area contributed by atoms with Gasteiger partial charge in [-0.25, -0.2) is 0 Å². The minimum atomic E-state index is -1.11. The van der Waals surface area contributed by atoms with Crippen molar-refractivity contribution in [3.05, 3.63) is 34.0 Å². The number of aryl methyl sites for hydroxylation is 1. The molecule has 0 bridgehead atoms. The number of rotatable bonds is 4. The summed E-state index contributed by atoms with van der Waals surface area (Å²) in [5.74, 6) is -0.992. The van der Waals surface area contributed by atoms with Gasteiger partial charge in [-0.2, -0.15) is 0 Å². The molecule has 3 aliphatic rings. The van der Waals surface area contributed by atoms with E-state index in [9.17, 15) is 9.59 Å². The van der Waals surface area contributed by atoms with Gasteiger partial charge in [0.25, 0.3) is 5.91 Å². The summed E-state index contributed by atoms with van der Waals surface area (Å²) < 4.78 is 28.9. The summed E-state index contributed by atoms with van der Waals surface area (Å²) >= 11 is 6.18. The van der Waals surface area contributed by atoms with Crippen LogP contribution in [-0.2, 0) is 28.5 Å². The van der Waals surface area contributed by atoms with Crippen LogP contribution in [0.15, 0.2) is 17.9 Å². The molecule has 0 unspecified atom stereocenters. The molecule has 4 rings (SSSR count). The molecule has 8 nitrogen and oxygen atoms in total. The molecular formula is C22H26ClNO7.